The van der Waals surface area contributed by atoms with Crippen LogP contribution in [0.1, 0.15) is 9.67 Å². The zero-order chi connectivity index (χ0) is 16.1. The molecule has 2 aromatic rings. The predicted molar refractivity (Wildman–Crippen MR) is 84.1 cm³/mol. The number of hydrogen-bond donors (Lipinski definition) is 0. The normalized spacial score (nSPS) is 10.1. The number of carbonyl (C=O) groups excluding carboxylic acids is 2. The van der Waals surface area contributed by atoms with Crippen LogP contribution < -0.4 is 4.74 Å². The molecule has 0 unspecified atom stereocenters. The summed E-state index contributed by atoms with van der Waals surface area (Å²) in [5.74, 6) is -0.481. The van der Waals surface area contributed by atoms with Crippen molar-refractivity contribution >= 4 is 39.2 Å². The number of rotatable bonds is 5. The average Bonchev–Trinajstić information content (AvgIpc) is 3.02. The number of ether oxygens (including phenoxy) is 3. The lowest BCUT2D eigenvalue weighted by Crippen LogP contribution is -2.13. The fraction of sp³-hybridized carbons (Fsp3) is 0.214. The molecule has 2 heterocycles. The highest BCUT2D eigenvalue weighted by molar-refractivity contribution is 9.10. The van der Waals surface area contributed by atoms with Gasteiger partial charge in [-0.25, -0.2) is 14.6 Å². The maximum absolute atomic E-state index is 11.5. The third-order valence-electron chi connectivity index (χ3n) is 2.62. The van der Waals surface area contributed by atoms with Gasteiger partial charge in [-0.1, -0.05) is 0 Å². The van der Waals surface area contributed by atoms with Gasteiger partial charge in [-0.2, -0.15) is 0 Å². The van der Waals surface area contributed by atoms with Gasteiger partial charge in [0.25, 0.3) is 0 Å². The molecule has 0 radical (unpaired) electrons. The van der Waals surface area contributed by atoms with Crippen LogP contribution in [0, 0.1) is 0 Å². The Morgan fingerprint density at radius 2 is 1.95 bits per heavy atom. The van der Waals surface area contributed by atoms with E-state index in [-0.39, 0.29) is 6.61 Å². The average molecular weight is 386 g/mol. The van der Waals surface area contributed by atoms with Crippen molar-refractivity contribution < 1.29 is 23.8 Å². The quantitative estimate of drug-likeness (QED) is 0.581. The minimum atomic E-state index is -0.490. The summed E-state index contributed by atoms with van der Waals surface area (Å²) in [5, 5.41) is 0. The van der Waals surface area contributed by atoms with Gasteiger partial charge in [0.2, 0.25) is 0 Å². The first-order valence-electron chi connectivity index (χ1n) is 6.10. The second-order valence-corrected chi connectivity index (χ2v) is 5.90. The maximum atomic E-state index is 11.5. The molecule has 2 rings (SSSR count). The number of hydrogen-bond acceptors (Lipinski definition) is 7. The topological polar surface area (TPSA) is 74.7 Å². The van der Waals surface area contributed by atoms with E-state index in [2.05, 4.69) is 30.4 Å². The molecule has 0 amide bonds. The van der Waals surface area contributed by atoms with Crippen molar-refractivity contribution in [3.63, 3.8) is 0 Å². The lowest BCUT2D eigenvalue weighted by atomic mass is 10.3. The molecule has 0 aliphatic rings. The summed E-state index contributed by atoms with van der Waals surface area (Å²) in [4.78, 5) is 28.3. The number of thiophene rings is 1. The first kappa shape index (κ1) is 16.4. The molecule has 0 N–H and O–H groups in total. The second-order valence-electron chi connectivity index (χ2n) is 4.00. The summed E-state index contributed by atoms with van der Waals surface area (Å²) in [5.41, 5.74) is 0.526. The van der Waals surface area contributed by atoms with Gasteiger partial charge in [0, 0.05) is 0 Å². The molecule has 0 spiro atoms. The Hall–Kier alpha value is -1.93. The molecular weight excluding hydrogens is 374 g/mol. The molecular formula is C14H12BrNO5S. The van der Waals surface area contributed by atoms with Crippen LogP contribution in [0.15, 0.2) is 28.9 Å². The van der Waals surface area contributed by atoms with Gasteiger partial charge in [-0.05, 0) is 40.2 Å². The molecule has 0 fully saturated rings. The van der Waals surface area contributed by atoms with Crippen LogP contribution >= 0.6 is 27.3 Å². The Kier molecular flexibility index (Phi) is 5.51. The summed E-state index contributed by atoms with van der Waals surface area (Å²) in [6.45, 7) is -0.220. The van der Waals surface area contributed by atoms with Crippen LogP contribution in [0.25, 0.3) is 10.6 Å². The third-order valence-corrected chi connectivity index (χ3v) is 4.14. The molecule has 0 saturated heterocycles. The number of methoxy groups -OCH3 is 2. The number of aromatic nitrogens is 1. The SMILES string of the molecule is COC(=O)COc1ccc(Br)nc1-c1ccc(C(=O)OC)s1. The van der Waals surface area contributed by atoms with Crippen molar-refractivity contribution in [2.45, 2.75) is 0 Å². The third kappa shape index (κ3) is 3.83. The van der Waals surface area contributed by atoms with Crippen LogP contribution in [0.3, 0.4) is 0 Å². The molecule has 6 nitrogen and oxygen atoms in total. The van der Waals surface area contributed by atoms with Crippen LogP contribution in [0.5, 0.6) is 5.75 Å². The fourth-order valence-electron chi connectivity index (χ4n) is 1.59. The molecule has 116 valence electrons. The second kappa shape index (κ2) is 7.37. The van der Waals surface area contributed by atoms with E-state index in [0.717, 1.165) is 4.88 Å². The number of esters is 2. The maximum Gasteiger partial charge on any atom is 0.348 e. The highest BCUT2D eigenvalue weighted by atomic mass is 79.9. The Labute approximate surface area is 139 Å². The largest absolute Gasteiger partial charge is 0.480 e. The van der Waals surface area contributed by atoms with Crippen molar-refractivity contribution in [3.8, 4) is 16.3 Å². The molecule has 0 bridgehead atoms. The fourth-order valence-corrected chi connectivity index (χ4v) is 2.81. The summed E-state index contributed by atoms with van der Waals surface area (Å²) < 4.78 is 15.3. The van der Waals surface area contributed by atoms with Crippen molar-refractivity contribution in [1.29, 1.82) is 0 Å². The molecule has 0 saturated carbocycles. The molecule has 0 aromatic carbocycles. The standard InChI is InChI=1S/C14H12BrNO5S/c1-19-12(17)7-21-8-3-6-11(15)16-13(8)9-4-5-10(22-9)14(18)20-2/h3-6H,7H2,1-2H3. The van der Waals surface area contributed by atoms with Crippen LogP contribution in [0.4, 0.5) is 0 Å². The van der Waals surface area contributed by atoms with E-state index in [0.29, 0.717) is 20.9 Å². The minimum Gasteiger partial charge on any atom is -0.480 e. The minimum absolute atomic E-state index is 0.220. The van der Waals surface area contributed by atoms with Crippen molar-refractivity contribution in [1.82, 2.24) is 4.98 Å². The van der Waals surface area contributed by atoms with E-state index in [9.17, 15) is 9.59 Å². The van der Waals surface area contributed by atoms with E-state index < -0.39 is 11.9 Å². The first-order valence-corrected chi connectivity index (χ1v) is 7.70. The van der Waals surface area contributed by atoms with E-state index in [1.807, 2.05) is 0 Å². The predicted octanol–water partition coefficient (Wildman–Crippen LogP) is 2.91. The van der Waals surface area contributed by atoms with Crippen LogP contribution in [0.2, 0.25) is 0 Å². The van der Waals surface area contributed by atoms with Gasteiger partial charge in [0.15, 0.2) is 6.61 Å². The molecule has 8 heteroatoms. The zero-order valence-corrected chi connectivity index (χ0v) is 14.2. The van der Waals surface area contributed by atoms with Crippen molar-refractivity contribution in [3.05, 3.63) is 33.7 Å². The monoisotopic (exact) mass is 385 g/mol. The van der Waals surface area contributed by atoms with Gasteiger partial charge in [0.05, 0.1) is 19.1 Å². The van der Waals surface area contributed by atoms with Crippen LogP contribution in [-0.2, 0) is 14.3 Å². The highest BCUT2D eigenvalue weighted by Gasteiger charge is 2.16. The number of nitrogens with zero attached hydrogens (tertiary/aromatic N) is 1. The number of pyridine rings is 1. The molecule has 22 heavy (non-hydrogen) atoms. The van der Waals surface area contributed by atoms with E-state index in [1.165, 1.54) is 25.6 Å². The molecule has 2 aromatic heterocycles. The highest BCUT2D eigenvalue weighted by Crippen LogP contribution is 2.34. The Balaban J connectivity index is 2.32. The summed E-state index contributed by atoms with van der Waals surface area (Å²) in [6.07, 6.45) is 0. The summed E-state index contributed by atoms with van der Waals surface area (Å²) >= 11 is 4.52. The summed E-state index contributed by atoms with van der Waals surface area (Å²) in [6, 6.07) is 6.78. The van der Waals surface area contributed by atoms with E-state index in [1.54, 1.807) is 24.3 Å². The van der Waals surface area contributed by atoms with E-state index in [4.69, 9.17) is 4.74 Å². The number of carbonyl (C=O) groups is 2. The Morgan fingerprint density at radius 1 is 1.18 bits per heavy atom. The van der Waals surface area contributed by atoms with Gasteiger partial charge in [-0.3, -0.25) is 0 Å². The lowest BCUT2D eigenvalue weighted by Gasteiger charge is -2.09. The first-order chi connectivity index (χ1) is 10.5. The lowest BCUT2D eigenvalue weighted by molar-refractivity contribution is -0.142. The summed E-state index contributed by atoms with van der Waals surface area (Å²) in [7, 11) is 2.61. The zero-order valence-electron chi connectivity index (χ0n) is 11.8. The number of halogens is 1. The van der Waals surface area contributed by atoms with Gasteiger partial charge in [0.1, 0.15) is 20.9 Å². The smallest absolute Gasteiger partial charge is 0.348 e. The van der Waals surface area contributed by atoms with Gasteiger partial charge < -0.3 is 14.2 Å². The molecule has 0 aliphatic carbocycles. The van der Waals surface area contributed by atoms with Crippen molar-refractivity contribution in [2.24, 2.45) is 0 Å². The molecule has 0 aliphatic heterocycles. The Bertz CT molecular complexity index is 700. The van der Waals surface area contributed by atoms with E-state index >= 15 is 0 Å². The molecule has 0 atom stereocenters. The van der Waals surface area contributed by atoms with Crippen molar-refractivity contribution in [2.75, 3.05) is 20.8 Å². The van der Waals surface area contributed by atoms with Crippen LogP contribution in [-0.4, -0.2) is 37.7 Å². The van der Waals surface area contributed by atoms with Gasteiger partial charge in [-0.15, -0.1) is 11.3 Å². The Morgan fingerprint density at radius 3 is 2.64 bits per heavy atom. The van der Waals surface area contributed by atoms with Gasteiger partial charge >= 0.3 is 11.9 Å².